The van der Waals surface area contributed by atoms with Gasteiger partial charge >= 0.3 is 6.09 Å². The van der Waals surface area contributed by atoms with Crippen molar-refractivity contribution in [1.82, 2.24) is 15.2 Å². The van der Waals surface area contributed by atoms with E-state index in [2.05, 4.69) is 40.6 Å². The Kier molecular flexibility index (Phi) is 7.31. The molecule has 0 fully saturated rings. The molecule has 6 rings (SSSR count). The Hall–Kier alpha value is -4.84. The van der Waals surface area contributed by atoms with Crippen LogP contribution in [0.2, 0.25) is 0 Å². The summed E-state index contributed by atoms with van der Waals surface area (Å²) in [5.74, 6) is -0.207. The Labute approximate surface area is 233 Å². The fourth-order valence-electron chi connectivity index (χ4n) is 5.56. The van der Waals surface area contributed by atoms with Crippen LogP contribution < -0.4 is 5.32 Å². The Bertz CT molecular complexity index is 1560. The number of benzene rings is 4. The highest BCUT2D eigenvalue weighted by molar-refractivity contribution is 5.90. The van der Waals surface area contributed by atoms with Gasteiger partial charge in [0.2, 0.25) is 5.91 Å². The number of rotatable bonds is 7. The van der Waals surface area contributed by atoms with Gasteiger partial charge in [-0.15, -0.1) is 0 Å². The number of fused-ring (bicyclic) bond motifs is 3. The van der Waals surface area contributed by atoms with E-state index in [1.165, 1.54) is 0 Å². The number of aromatic nitrogens is 1. The SMILES string of the molecule is O=C(NCC(c1ccccc1)c1ccccc1)[C@H]1Cc2c([nH]c3ccccc23)CN1C(=O)OCc1ccccc1. The number of carbonyl (C=O) groups is 2. The second-order valence-electron chi connectivity index (χ2n) is 10.1. The van der Waals surface area contributed by atoms with E-state index in [1.54, 1.807) is 4.90 Å². The van der Waals surface area contributed by atoms with E-state index in [1.807, 2.05) is 84.9 Å². The molecule has 0 spiro atoms. The zero-order chi connectivity index (χ0) is 27.3. The number of carbonyl (C=O) groups excluding carboxylic acids is 2. The number of aromatic amines is 1. The highest BCUT2D eigenvalue weighted by Gasteiger charge is 2.37. The van der Waals surface area contributed by atoms with Crippen LogP contribution in [0.15, 0.2) is 115 Å². The molecule has 4 aromatic carbocycles. The lowest BCUT2D eigenvalue weighted by atomic mass is 9.91. The minimum atomic E-state index is -0.692. The first-order valence-electron chi connectivity index (χ1n) is 13.6. The topological polar surface area (TPSA) is 74.4 Å². The molecule has 1 atom stereocenters. The molecule has 0 saturated carbocycles. The largest absolute Gasteiger partial charge is 0.445 e. The van der Waals surface area contributed by atoms with E-state index in [9.17, 15) is 9.59 Å². The van der Waals surface area contributed by atoms with Gasteiger partial charge in [0.15, 0.2) is 0 Å². The summed E-state index contributed by atoms with van der Waals surface area (Å²) in [5, 5.41) is 4.26. The third-order valence-corrected chi connectivity index (χ3v) is 7.63. The molecule has 0 aliphatic carbocycles. The first kappa shape index (κ1) is 25.4. The van der Waals surface area contributed by atoms with Crippen molar-refractivity contribution in [2.75, 3.05) is 6.54 Å². The molecule has 1 aliphatic heterocycles. The van der Waals surface area contributed by atoms with E-state index in [0.717, 1.165) is 38.9 Å². The maximum atomic E-state index is 13.9. The summed E-state index contributed by atoms with van der Waals surface area (Å²) in [7, 11) is 0. The van der Waals surface area contributed by atoms with Gasteiger partial charge in [-0.3, -0.25) is 9.69 Å². The van der Waals surface area contributed by atoms with Gasteiger partial charge in [-0.25, -0.2) is 4.79 Å². The number of hydrogen-bond donors (Lipinski definition) is 2. The number of hydrogen-bond acceptors (Lipinski definition) is 3. The third-order valence-electron chi connectivity index (χ3n) is 7.63. The van der Waals surface area contributed by atoms with Crippen LogP contribution in [0.1, 0.15) is 33.9 Å². The molecule has 6 nitrogen and oxygen atoms in total. The Morgan fingerprint density at radius 2 is 1.43 bits per heavy atom. The van der Waals surface area contributed by atoms with Crippen LogP contribution in [0.4, 0.5) is 4.79 Å². The monoisotopic (exact) mass is 529 g/mol. The molecule has 2 heterocycles. The van der Waals surface area contributed by atoms with Gasteiger partial charge in [0.05, 0.1) is 6.54 Å². The lowest BCUT2D eigenvalue weighted by Gasteiger charge is -2.34. The summed E-state index contributed by atoms with van der Waals surface area (Å²) < 4.78 is 5.69. The van der Waals surface area contributed by atoms with Crippen LogP contribution in [-0.2, 0) is 29.1 Å². The summed E-state index contributed by atoms with van der Waals surface area (Å²) in [4.78, 5) is 32.3. The van der Waals surface area contributed by atoms with Crippen molar-refractivity contribution < 1.29 is 14.3 Å². The van der Waals surface area contributed by atoms with Gasteiger partial charge in [-0.2, -0.15) is 0 Å². The van der Waals surface area contributed by atoms with Crippen molar-refractivity contribution >= 4 is 22.9 Å². The quantitative estimate of drug-likeness (QED) is 0.264. The molecular weight excluding hydrogens is 498 g/mol. The van der Waals surface area contributed by atoms with Gasteiger partial charge in [-0.05, 0) is 28.3 Å². The predicted molar refractivity (Wildman–Crippen MR) is 156 cm³/mol. The Morgan fingerprint density at radius 1 is 0.825 bits per heavy atom. The zero-order valence-electron chi connectivity index (χ0n) is 22.1. The molecule has 5 aromatic rings. The molecule has 0 saturated heterocycles. The predicted octanol–water partition coefficient (Wildman–Crippen LogP) is 6.18. The van der Waals surface area contributed by atoms with Crippen molar-refractivity contribution in [2.45, 2.75) is 31.5 Å². The van der Waals surface area contributed by atoms with Crippen LogP contribution >= 0.6 is 0 Å². The normalized spacial score (nSPS) is 14.6. The van der Waals surface area contributed by atoms with Gasteiger partial charge < -0.3 is 15.0 Å². The number of H-pyrrole nitrogens is 1. The van der Waals surface area contributed by atoms with E-state index >= 15 is 0 Å². The fourth-order valence-corrected chi connectivity index (χ4v) is 5.56. The fraction of sp³-hybridized carbons (Fsp3) is 0.176. The lowest BCUT2D eigenvalue weighted by Crippen LogP contribution is -2.53. The first-order valence-corrected chi connectivity index (χ1v) is 13.6. The van der Waals surface area contributed by atoms with Crippen molar-refractivity contribution in [3.8, 4) is 0 Å². The average molecular weight is 530 g/mol. The molecule has 1 aromatic heterocycles. The highest BCUT2D eigenvalue weighted by atomic mass is 16.6. The molecule has 6 heteroatoms. The number of para-hydroxylation sites is 1. The molecule has 2 amide bonds. The first-order chi connectivity index (χ1) is 19.7. The molecule has 0 bridgehead atoms. The van der Waals surface area contributed by atoms with Crippen LogP contribution in [0.5, 0.6) is 0 Å². The molecule has 1 aliphatic rings. The van der Waals surface area contributed by atoms with Gasteiger partial charge in [0.25, 0.3) is 0 Å². The molecule has 2 N–H and O–H groups in total. The number of ether oxygens (including phenoxy) is 1. The second kappa shape index (κ2) is 11.5. The van der Waals surface area contributed by atoms with E-state index in [4.69, 9.17) is 4.74 Å². The highest BCUT2D eigenvalue weighted by Crippen LogP contribution is 2.31. The van der Waals surface area contributed by atoms with Crippen LogP contribution in [0.3, 0.4) is 0 Å². The van der Waals surface area contributed by atoms with Crippen LogP contribution in [0, 0.1) is 0 Å². The van der Waals surface area contributed by atoms with Crippen molar-refractivity contribution in [3.05, 3.63) is 143 Å². The van der Waals surface area contributed by atoms with Gasteiger partial charge in [0.1, 0.15) is 12.6 Å². The summed E-state index contributed by atoms with van der Waals surface area (Å²) in [5.41, 5.74) is 6.15. The smallest absolute Gasteiger partial charge is 0.411 e. The molecule has 0 radical (unpaired) electrons. The van der Waals surface area contributed by atoms with Gasteiger partial charge in [0, 0.05) is 35.5 Å². The number of nitrogens with zero attached hydrogens (tertiary/aromatic N) is 1. The van der Waals surface area contributed by atoms with Crippen molar-refractivity contribution in [3.63, 3.8) is 0 Å². The maximum absolute atomic E-state index is 13.9. The van der Waals surface area contributed by atoms with E-state index in [-0.39, 0.29) is 25.0 Å². The Morgan fingerprint density at radius 3 is 2.10 bits per heavy atom. The minimum Gasteiger partial charge on any atom is -0.445 e. The van der Waals surface area contributed by atoms with Crippen molar-refractivity contribution in [2.24, 2.45) is 0 Å². The van der Waals surface area contributed by atoms with E-state index in [0.29, 0.717) is 13.0 Å². The molecule has 200 valence electrons. The molecular formula is C34H31N3O3. The second-order valence-corrected chi connectivity index (χ2v) is 10.1. The molecule has 0 unspecified atom stereocenters. The number of amides is 2. The standard InChI is InChI=1S/C34H31N3O3/c38-33(35-21-29(25-14-6-2-7-15-25)26-16-8-3-9-17-26)32-20-28-27-18-10-11-19-30(27)36-31(28)22-37(32)34(39)40-23-24-12-4-1-5-13-24/h1-19,29,32,36H,20-23H2,(H,35,38)/t32-/m1/s1. The summed E-state index contributed by atoms with van der Waals surface area (Å²) in [6.07, 6.45) is -0.0940. The van der Waals surface area contributed by atoms with Gasteiger partial charge in [-0.1, -0.05) is 109 Å². The maximum Gasteiger partial charge on any atom is 0.411 e. The van der Waals surface area contributed by atoms with Crippen LogP contribution in [-0.4, -0.2) is 34.5 Å². The summed E-state index contributed by atoms with van der Waals surface area (Å²) in [6.45, 7) is 0.835. The Balaban J connectivity index is 1.25. The zero-order valence-corrected chi connectivity index (χ0v) is 22.1. The van der Waals surface area contributed by atoms with Crippen molar-refractivity contribution in [1.29, 1.82) is 0 Å². The summed E-state index contributed by atoms with van der Waals surface area (Å²) in [6, 6.07) is 37.3. The molecule has 40 heavy (non-hydrogen) atoms. The van der Waals surface area contributed by atoms with Crippen LogP contribution in [0.25, 0.3) is 10.9 Å². The average Bonchev–Trinajstić information content (AvgIpc) is 3.38. The lowest BCUT2D eigenvalue weighted by molar-refractivity contribution is -0.126. The number of nitrogens with one attached hydrogen (secondary N) is 2. The minimum absolute atomic E-state index is 0.0166. The summed E-state index contributed by atoms with van der Waals surface area (Å²) >= 11 is 0. The third kappa shape index (κ3) is 5.34. The van der Waals surface area contributed by atoms with E-state index < -0.39 is 12.1 Å².